The number of fused-ring (bicyclic) bond motifs is 2. The molecule has 1 aromatic carbocycles. The second-order valence-electron chi connectivity index (χ2n) is 7.22. The van der Waals surface area contributed by atoms with E-state index < -0.39 is 0 Å². The van der Waals surface area contributed by atoms with Crippen molar-refractivity contribution in [1.82, 2.24) is 9.80 Å². The smallest absolute Gasteiger partial charge is 0.264 e. The van der Waals surface area contributed by atoms with Crippen molar-refractivity contribution in [2.24, 2.45) is 11.8 Å². The van der Waals surface area contributed by atoms with Crippen LogP contribution in [0.4, 0.5) is 0 Å². The van der Waals surface area contributed by atoms with Gasteiger partial charge in [0.1, 0.15) is 5.75 Å². The van der Waals surface area contributed by atoms with Crippen molar-refractivity contribution in [3.05, 3.63) is 29.8 Å². The fourth-order valence-corrected chi connectivity index (χ4v) is 4.16. The zero-order valence-corrected chi connectivity index (χ0v) is 13.8. The van der Waals surface area contributed by atoms with Crippen molar-refractivity contribution in [3.8, 4) is 5.75 Å². The average molecular weight is 316 g/mol. The highest BCUT2D eigenvalue weighted by Crippen LogP contribution is 2.35. The number of ether oxygens (including phenoxy) is 2. The van der Waals surface area contributed by atoms with Crippen molar-refractivity contribution in [1.29, 1.82) is 0 Å². The summed E-state index contributed by atoms with van der Waals surface area (Å²) in [6.07, 6.45) is 0.522. The summed E-state index contributed by atoms with van der Waals surface area (Å²) in [6, 6.07) is 7.93. The van der Waals surface area contributed by atoms with Crippen LogP contribution in [-0.4, -0.2) is 68.3 Å². The van der Waals surface area contributed by atoms with Gasteiger partial charge in [-0.3, -0.25) is 4.79 Å². The van der Waals surface area contributed by atoms with Crippen molar-refractivity contribution >= 4 is 5.91 Å². The van der Waals surface area contributed by atoms with Crippen LogP contribution in [0.3, 0.4) is 0 Å². The molecule has 3 aliphatic heterocycles. The number of hydrogen-bond donors (Lipinski definition) is 0. The minimum absolute atomic E-state index is 0.114. The Balaban J connectivity index is 1.40. The van der Waals surface area contributed by atoms with Crippen LogP contribution in [0.1, 0.15) is 5.56 Å². The number of carbonyl (C=O) groups excluding carboxylic acids is 1. The van der Waals surface area contributed by atoms with E-state index in [1.54, 1.807) is 0 Å². The number of para-hydroxylation sites is 1. The minimum Gasteiger partial charge on any atom is -0.480 e. The quantitative estimate of drug-likeness (QED) is 0.835. The molecule has 0 radical (unpaired) electrons. The van der Waals surface area contributed by atoms with E-state index in [-0.39, 0.29) is 18.1 Å². The molecule has 0 N–H and O–H groups in total. The Bertz CT molecular complexity index is 579. The molecule has 4 atom stereocenters. The van der Waals surface area contributed by atoms with Gasteiger partial charge in [0.25, 0.3) is 5.91 Å². The molecule has 3 aliphatic rings. The predicted molar refractivity (Wildman–Crippen MR) is 86.4 cm³/mol. The summed E-state index contributed by atoms with van der Waals surface area (Å²) in [7, 11) is 4.18. The molecule has 0 spiro atoms. The van der Waals surface area contributed by atoms with E-state index in [1.807, 2.05) is 29.2 Å². The lowest BCUT2D eigenvalue weighted by atomic mass is 9.93. The second-order valence-corrected chi connectivity index (χ2v) is 7.22. The van der Waals surface area contributed by atoms with Crippen LogP contribution in [-0.2, 0) is 16.0 Å². The van der Waals surface area contributed by atoms with Crippen molar-refractivity contribution < 1.29 is 14.3 Å². The number of amides is 1. The van der Waals surface area contributed by atoms with Crippen LogP contribution in [0.5, 0.6) is 5.75 Å². The average Bonchev–Trinajstić information content (AvgIpc) is 3.20. The molecule has 0 unspecified atom stereocenters. The molecule has 5 nitrogen and oxygen atoms in total. The van der Waals surface area contributed by atoms with E-state index in [1.165, 1.54) is 0 Å². The normalized spacial score (nSPS) is 32.0. The lowest BCUT2D eigenvalue weighted by Crippen LogP contribution is -2.41. The van der Waals surface area contributed by atoms with Crippen molar-refractivity contribution in [2.45, 2.75) is 18.6 Å². The van der Waals surface area contributed by atoms with Gasteiger partial charge in [0.2, 0.25) is 0 Å². The Morgan fingerprint density at radius 2 is 2.13 bits per heavy atom. The van der Waals surface area contributed by atoms with Crippen LogP contribution in [0.2, 0.25) is 0 Å². The standard InChI is InChI=1S/C18H24N2O3/c1-19(2)8-13-11-22-17-10-20(9-14(13)17)18(21)16-7-12-5-3-4-6-15(12)23-16/h3-6,13-14,16-17H,7-11H2,1-2H3/t13-,14-,16-,17-/m1/s1. The third-order valence-corrected chi connectivity index (χ3v) is 5.27. The molecule has 4 rings (SSSR count). The molecule has 0 aliphatic carbocycles. The Labute approximate surface area is 137 Å². The second kappa shape index (κ2) is 5.80. The molecule has 1 aromatic rings. The molecule has 124 valence electrons. The summed E-state index contributed by atoms with van der Waals surface area (Å²) in [4.78, 5) is 17.0. The molecule has 3 heterocycles. The summed E-state index contributed by atoms with van der Waals surface area (Å²) in [5.74, 6) is 1.95. The third-order valence-electron chi connectivity index (χ3n) is 5.27. The molecular weight excluding hydrogens is 292 g/mol. The molecule has 0 bridgehead atoms. The first kappa shape index (κ1) is 15.0. The fraction of sp³-hybridized carbons (Fsp3) is 0.611. The maximum Gasteiger partial charge on any atom is 0.264 e. The van der Waals surface area contributed by atoms with E-state index in [0.29, 0.717) is 24.8 Å². The van der Waals surface area contributed by atoms with Gasteiger partial charge < -0.3 is 19.3 Å². The van der Waals surface area contributed by atoms with Gasteiger partial charge in [0.05, 0.1) is 12.7 Å². The fourth-order valence-electron chi connectivity index (χ4n) is 4.16. The number of carbonyl (C=O) groups is 1. The van der Waals surface area contributed by atoms with Crippen LogP contribution in [0, 0.1) is 11.8 Å². The van der Waals surface area contributed by atoms with Gasteiger partial charge in [-0.2, -0.15) is 0 Å². The van der Waals surface area contributed by atoms with Crippen LogP contribution in [0.15, 0.2) is 24.3 Å². The maximum atomic E-state index is 12.8. The topological polar surface area (TPSA) is 42.0 Å². The number of hydrogen-bond acceptors (Lipinski definition) is 4. The van der Waals surface area contributed by atoms with E-state index in [0.717, 1.165) is 31.0 Å². The Hall–Kier alpha value is -1.59. The molecular formula is C18H24N2O3. The van der Waals surface area contributed by atoms with Gasteiger partial charge in [-0.15, -0.1) is 0 Å². The first-order valence-electron chi connectivity index (χ1n) is 8.41. The monoisotopic (exact) mass is 316 g/mol. The largest absolute Gasteiger partial charge is 0.480 e. The van der Waals surface area contributed by atoms with E-state index in [9.17, 15) is 4.79 Å². The van der Waals surface area contributed by atoms with Gasteiger partial charge in [-0.05, 0) is 25.7 Å². The van der Waals surface area contributed by atoms with Gasteiger partial charge in [-0.25, -0.2) is 0 Å². The molecule has 0 saturated carbocycles. The van der Waals surface area contributed by atoms with Gasteiger partial charge >= 0.3 is 0 Å². The van der Waals surface area contributed by atoms with E-state index in [2.05, 4.69) is 19.0 Å². The third kappa shape index (κ3) is 2.72. The SMILES string of the molecule is CN(C)C[C@@H]1CO[C@@H]2CN(C(=O)[C@H]3Cc4ccccc4O3)C[C@H]12. The van der Waals surface area contributed by atoms with E-state index >= 15 is 0 Å². The number of rotatable bonds is 3. The first-order valence-corrected chi connectivity index (χ1v) is 8.41. The van der Waals surface area contributed by atoms with Gasteiger partial charge in [-0.1, -0.05) is 18.2 Å². The lowest BCUT2D eigenvalue weighted by molar-refractivity contribution is -0.137. The Morgan fingerprint density at radius 1 is 1.30 bits per heavy atom. The van der Waals surface area contributed by atoms with Crippen molar-refractivity contribution in [2.75, 3.05) is 40.3 Å². The maximum absolute atomic E-state index is 12.8. The van der Waals surface area contributed by atoms with E-state index in [4.69, 9.17) is 9.47 Å². The summed E-state index contributed by atoms with van der Waals surface area (Å²) in [5.41, 5.74) is 1.13. The Morgan fingerprint density at radius 3 is 2.91 bits per heavy atom. The highest BCUT2D eigenvalue weighted by atomic mass is 16.5. The summed E-state index contributed by atoms with van der Waals surface area (Å²) in [5, 5.41) is 0. The molecule has 23 heavy (non-hydrogen) atoms. The number of nitrogens with zero attached hydrogens (tertiary/aromatic N) is 2. The zero-order valence-electron chi connectivity index (χ0n) is 13.8. The summed E-state index contributed by atoms with van der Waals surface area (Å²) in [6.45, 7) is 3.36. The summed E-state index contributed by atoms with van der Waals surface area (Å²) < 4.78 is 11.8. The first-order chi connectivity index (χ1) is 11.1. The predicted octanol–water partition coefficient (Wildman–Crippen LogP) is 1.03. The lowest BCUT2D eigenvalue weighted by Gasteiger charge is -2.23. The highest BCUT2D eigenvalue weighted by Gasteiger charge is 2.47. The molecule has 0 aromatic heterocycles. The molecule has 2 saturated heterocycles. The van der Waals surface area contributed by atoms with Gasteiger partial charge in [0, 0.05) is 37.9 Å². The van der Waals surface area contributed by atoms with Gasteiger partial charge in [0.15, 0.2) is 6.10 Å². The zero-order chi connectivity index (χ0) is 16.0. The summed E-state index contributed by atoms with van der Waals surface area (Å²) >= 11 is 0. The molecule has 5 heteroatoms. The molecule has 1 amide bonds. The minimum atomic E-state index is -0.362. The number of likely N-dealkylation sites (tertiary alicyclic amines) is 1. The van der Waals surface area contributed by atoms with Crippen LogP contribution in [0.25, 0.3) is 0 Å². The van der Waals surface area contributed by atoms with Crippen LogP contribution < -0.4 is 4.74 Å². The molecule has 2 fully saturated rings. The van der Waals surface area contributed by atoms with Crippen LogP contribution >= 0.6 is 0 Å². The van der Waals surface area contributed by atoms with Crippen molar-refractivity contribution in [3.63, 3.8) is 0 Å². The number of benzene rings is 1. The highest BCUT2D eigenvalue weighted by molar-refractivity contribution is 5.83. The Kier molecular flexibility index (Phi) is 3.77.